The molecule has 8 heteroatoms. The Morgan fingerprint density at radius 2 is 2.07 bits per heavy atom. The minimum absolute atomic E-state index is 0.127. The van der Waals surface area contributed by atoms with E-state index in [2.05, 4.69) is 44.7 Å². The van der Waals surface area contributed by atoms with Gasteiger partial charge in [0.1, 0.15) is 16.5 Å². The molecule has 0 saturated carbocycles. The van der Waals surface area contributed by atoms with Crippen LogP contribution in [0.5, 0.6) is 0 Å². The average molecular weight is 459 g/mol. The smallest absolute Gasteiger partial charge is 0.310 e. The summed E-state index contributed by atoms with van der Waals surface area (Å²) in [5.41, 5.74) is 1.89. The lowest BCUT2D eigenvalue weighted by atomic mass is 10.1. The number of nitrogens with zero attached hydrogens (tertiary/aromatic N) is 2. The lowest BCUT2D eigenvalue weighted by Gasteiger charge is -2.09. The second kappa shape index (κ2) is 12.2. The summed E-state index contributed by atoms with van der Waals surface area (Å²) in [6.07, 6.45) is 6.07. The summed E-state index contributed by atoms with van der Waals surface area (Å²) >= 11 is 3.20. The minimum Gasteiger partial charge on any atom is -0.375 e. The predicted octanol–water partition coefficient (Wildman–Crippen LogP) is 5.38. The quantitative estimate of drug-likeness (QED) is 0.239. The van der Waals surface area contributed by atoms with E-state index in [1.54, 1.807) is 36.4 Å². The molecular formula is C21H23BrN4O3. The molecule has 2 aromatic rings. The fraction of sp³-hybridized carbons (Fsp3) is 0.143. The first-order chi connectivity index (χ1) is 13.9. The van der Waals surface area contributed by atoms with Crippen molar-refractivity contribution in [3.05, 3.63) is 99.5 Å². The van der Waals surface area contributed by atoms with Gasteiger partial charge in [-0.25, -0.2) is 4.98 Å². The summed E-state index contributed by atoms with van der Waals surface area (Å²) in [5, 5.41) is 16.8. The van der Waals surface area contributed by atoms with Gasteiger partial charge in [0.05, 0.1) is 4.92 Å². The van der Waals surface area contributed by atoms with Gasteiger partial charge in [-0.3, -0.25) is 14.9 Å². The summed E-state index contributed by atoms with van der Waals surface area (Å²) in [7, 11) is 0. The Morgan fingerprint density at radius 3 is 2.72 bits per heavy atom. The van der Waals surface area contributed by atoms with Crippen LogP contribution in [0.15, 0.2) is 78.2 Å². The van der Waals surface area contributed by atoms with E-state index in [0.29, 0.717) is 28.1 Å². The van der Waals surface area contributed by atoms with Gasteiger partial charge in [-0.1, -0.05) is 51.3 Å². The SMILES string of the molecule is C=C/C=C\C(=C)NC(=O)c1cccc(CNc2cc(Br)ncc2[N+](=O)[O-])c1.CC. The Morgan fingerprint density at radius 1 is 1.34 bits per heavy atom. The summed E-state index contributed by atoms with van der Waals surface area (Å²) in [6, 6.07) is 8.47. The molecule has 0 aliphatic carbocycles. The van der Waals surface area contributed by atoms with Crippen LogP contribution in [0, 0.1) is 10.1 Å². The number of rotatable bonds is 8. The van der Waals surface area contributed by atoms with Crippen molar-refractivity contribution in [1.29, 1.82) is 0 Å². The molecule has 1 aromatic carbocycles. The maximum absolute atomic E-state index is 12.3. The number of aromatic nitrogens is 1. The highest BCUT2D eigenvalue weighted by atomic mass is 79.9. The van der Waals surface area contributed by atoms with Gasteiger partial charge in [-0.2, -0.15) is 0 Å². The number of carbonyl (C=O) groups is 1. The lowest BCUT2D eigenvalue weighted by Crippen LogP contribution is -2.21. The molecule has 1 heterocycles. The van der Waals surface area contributed by atoms with Crippen LogP contribution < -0.4 is 10.6 Å². The number of pyridine rings is 1. The second-order valence-electron chi connectivity index (χ2n) is 5.41. The van der Waals surface area contributed by atoms with E-state index in [1.165, 1.54) is 12.3 Å². The van der Waals surface area contributed by atoms with Crippen LogP contribution in [-0.2, 0) is 6.54 Å². The molecule has 0 bridgehead atoms. The van der Waals surface area contributed by atoms with Gasteiger partial charge in [-0.05, 0) is 39.7 Å². The molecule has 0 spiro atoms. The molecule has 0 fully saturated rings. The van der Waals surface area contributed by atoms with E-state index in [0.717, 1.165) is 5.56 Å². The summed E-state index contributed by atoms with van der Waals surface area (Å²) in [6.45, 7) is 11.6. The highest BCUT2D eigenvalue weighted by Gasteiger charge is 2.15. The van der Waals surface area contributed by atoms with Crippen molar-refractivity contribution >= 4 is 33.2 Å². The van der Waals surface area contributed by atoms with Crippen molar-refractivity contribution < 1.29 is 9.72 Å². The van der Waals surface area contributed by atoms with Gasteiger partial charge in [0.2, 0.25) is 0 Å². The van der Waals surface area contributed by atoms with E-state index in [9.17, 15) is 14.9 Å². The van der Waals surface area contributed by atoms with Crippen LogP contribution in [0.2, 0.25) is 0 Å². The Hall–Kier alpha value is -3.26. The number of allylic oxidation sites excluding steroid dienone is 3. The summed E-state index contributed by atoms with van der Waals surface area (Å²) in [5.74, 6) is -0.298. The van der Waals surface area contributed by atoms with Crippen molar-refractivity contribution in [2.75, 3.05) is 5.32 Å². The second-order valence-corrected chi connectivity index (χ2v) is 6.22. The van der Waals surface area contributed by atoms with Crippen LogP contribution in [0.3, 0.4) is 0 Å². The molecule has 2 N–H and O–H groups in total. The lowest BCUT2D eigenvalue weighted by molar-refractivity contribution is -0.384. The Labute approximate surface area is 178 Å². The zero-order chi connectivity index (χ0) is 21.8. The third-order valence-electron chi connectivity index (χ3n) is 3.43. The molecule has 2 rings (SSSR count). The fourth-order valence-electron chi connectivity index (χ4n) is 2.17. The zero-order valence-corrected chi connectivity index (χ0v) is 17.9. The fourth-order valence-corrected chi connectivity index (χ4v) is 2.50. The van der Waals surface area contributed by atoms with Crippen molar-refractivity contribution in [3.63, 3.8) is 0 Å². The number of nitro groups is 1. The Kier molecular flexibility index (Phi) is 10.0. The van der Waals surface area contributed by atoms with E-state index in [-0.39, 0.29) is 11.6 Å². The molecule has 29 heavy (non-hydrogen) atoms. The van der Waals surface area contributed by atoms with Crippen LogP contribution in [0.25, 0.3) is 0 Å². The van der Waals surface area contributed by atoms with Crippen LogP contribution in [-0.4, -0.2) is 15.8 Å². The first-order valence-electron chi connectivity index (χ1n) is 8.83. The van der Waals surface area contributed by atoms with Crippen molar-refractivity contribution in [2.24, 2.45) is 0 Å². The normalized spacial score (nSPS) is 9.90. The van der Waals surface area contributed by atoms with Crippen LogP contribution in [0.4, 0.5) is 11.4 Å². The maximum Gasteiger partial charge on any atom is 0.310 e. The van der Waals surface area contributed by atoms with E-state index in [4.69, 9.17) is 0 Å². The van der Waals surface area contributed by atoms with E-state index in [1.807, 2.05) is 19.9 Å². The summed E-state index contributed by atoms with van der Waals surface area (Å²) in [4.78, 5) is 26.7. The minimum atomic E-state index is -0.506. The molecule has 7 nitrogen and oxygen atoms in total. The number of anilines is 1. The number of hydrogen-bond acceptors (Lipinski definition) is 5. The van der Waals surface area contributed by atoms with E-state index >= 15 is 0 Å². The number of nitrogens with one attached hydrogen (secondary N) is 2. The molecule has 1 aromatic heterocycles. The average Bonchev–Trinajstić information content (AvgIpc) is 2.72. The van der Waals surface area contributed by atoms with Crippen molar-refractivity contribution in [3.8, 4) is 0 Å². The van der Waals surface area contributed by atoms with Gasteiger partial charge < -0.3 is 10.6 Å². The largest absolute Gasteiger partial charge is 0.375 e. The number of halogens is 1. The molecule has 0 radical (unpaired) electrons. The number of carbonyl (C=O) groups excluding carboxylic acids is 1. The predicted molar refractivity (Wildman–Crippen MR) is 120 cm³/mol. The topological polar surface area (TPSA) is 97.2 Å². The number of hydrogen-bond donors (Lipinski definition) is 2. The molecular weight excluding hydrogens is 436 g/mol. The Balaban J connectivity index is 0.00000204. The first kappa shape index (κ1) is 23.8. The van der Waals surface area contributed by atoms with Crippen LogP contribution in [0.1, 0.15) is 29.8 Å². The first-order valence-corrected chi connectivity index (χ1v) is 9.62. The number of benzene rings is 1. The van der Waals surface area contributed by atoms with E-state index < -0.39 is 4.92 Å². The molecule has 0 unspecified atom stereocenters. The monoisotopic (exact) mass is 458 g/mol. The standard InChI is InChI=1S/C19H17BrN4O3.C2H6/c1-3-4-6-13(2)23-19(25)15-8-5-7-14(9-15)11-21-16-10-18(20)22-12-17(16)24(26)27;1-2/h3-10,12H,1-2,11H2,(H,21,22)(H,23,25);1-2H3/b6-4-;. The molecule has 0 aliphatic rings. The molecule has 1 amide bonds. The maximum atomic E-state index is 12.3. The van der Waals surface area contributed by atoms with Gasteiger partial charge in [0.15, 0.2) is 0 Å². The van der Waals surface area contributed by atoms with Gasteiger partial charge in [0.25, 0.3) is 5.91 Å². The third kappa shape index (κ3) is 7.71. The zero-order valence-electron chi connectivity index (χ0n) is 16.3. The van der Waals surface area contributed by atoms with Crippen molar-refractivity contribution in [2.45, 2.75) is 20.4 Å². The molecule has 152 valence electrons. The number of amides is 1. The Bertz CT molecular complexity index is 926. The highest BCUT2D eigenvalue weighted by molar-refractivity contribution is 9.10. The summed E-state index contributed by atoms with van der Waals surface area (Å²) < 4.78 is 0.481. The van der Waals surface area contributed by atoms with Gasteiger partial charge in [0, 0.05) is 23.9 Å². The molecule has 0 atom stereocenters. The van der Waals surface area contributed by atoms with Gasteiger partial charge >= 0.3 is 5.69 Å². The molecule has 0 aliphatic heterocycles. The van der Waals surface area contributed by atoms with Crippen LogP contribution >= 0.6 is 15.9 Å². The highest BCUT2D eigenvalue weighted by Crippen LogP contribution is 2.26. The van der Waals surface area contributed by atoms with Crippen molar-refractivity contribution in [1.82, 2.24) is 10.3 Å². The third-order valence-corrected chi connectivity index (χ3v) is 3.86. The molecule has 0 saturated heterocycles. The van der Waals surface area contributed by atoms with Gasteiger partial charge in [-0.15, -0.1) is 0 Å².